The number of hydrogen-bond acceptors (Lipinski definition) is 6. The van der Waals surface area contributed by atoms with Crippen LogP contribution in [0.25, 0.3) is 11.2 Å². The van der Waals surface area contributed by atoms with Crippen LogP contribution in [0.2, 0.25) is 0 Å². The molecule has 0 amide bonds. The summed E-state index contributed by atoms with van der Waals surface area (Å²) < 4.78 is 0. The molecule has 3 aromatic rings. The highest BCUT2D eigenvalue weighted by atomic mass is 15.3. The third-order valence-corrected chi connectivity index (χ3v) is 7.19. The molecule has 0 saturated carbocycles. The molecule has 0 unspecified atom stereocenters. The molecule has 31 heavy (non-hydrogen) atoms. The molecule has 2 aliphatic heterocycles. The second kappa shape index (κ2) is 7.79. The standard InChI is InChI=1S/C24H33N7/c1-16(2)17-6-4-8-19-18(17)7-5-11-31(19)23-21-22(28-29-23)27-20(14-26-21)30-12-9-24(3,15-25)10-13-30/h4,6,8,14,16H,5,7,9-13,15,25H2,1-3H3,(H,27,28,29). The van der Waals surface area contributed by atoms with E-state index >= 15 is 0 Å². The van der Waals surface area contributed by atoms with Crippen LogP contribution >= 0.6 is 0 Å². The molecule has 164 valence electrons. The monoisotopic (exact) mass is 419 g/mol. The van der Waals surface area contributed by atoms with Crippen LogP contribution in [0.1, 0.15) is 57.1 Å². The third-order valence-electron chi connectivity index (χ3n) is 7.19. The molecule has 5 rings (SSSR count). The van der Waals surface area contributed by atoms with E-state index in [1.165, 1.54) is 16.8 Å². The Hall–Kier alpha value is -2.67. The van der Waals surface area contributed by atoms with Crippen molar-refractivity contribution in [2.75, 3.05) is 36.0 Å². The van der Waals surface area contributed by atoms with E-state index in [1.807, 2.05) is 6.20 Å². The minimum atomic E-state index is 0.242. The maximum Gasteiger partial charge on any atom is 0.183 e. The van der Waals surface area contributed by atoms with Gasteiger partial charge in [-0.25, -0.2) is 9.97 Å². The van der Waals surface area contributed by atoms with Crippen molar-refractivity contribution in [3.05, 3.63) is 35.5 Å². The first-order valence-corrected chi connectivity index (χ1v) is 11.5. The summed E-state index contributed by atoms with van der Waals surface area (Å²) in [5, 5.41) is 7.80. The fraction of sp³-hybridized carbons (Fsp3) is 0.542. The molecule has 2 aromatic heterocycles. The van der Waals surface area contributed by atoms with Gasteiger partial charge in [-0.2, -0.15) is 5.10 Å². The number of nitrogens with two attached hydrogens (primary N) is 1. The molecule has 0 bridgehead atoms. The van der Waals surface area contributed by atoms with Crippen LogP contribution in [-0.2, 0) is 6.42 Å². The molecule has 4 heterocycles. The number of aromatic amines is 1. The Labute approximate surface area is 184 Å². The lowest BCUT2D eigenvalue weighted by atomic mass is 9.80. The van der Waals surface area contributed by atoms with Crippen LogP contribution in [0.3, 0.4) is 0 Å². The summed E-state index contributed by atoms with van der Waals surface area (Å²) in [7, 11) is 0. The highest BCUT2D eigenvalue weighted by Crippen LogP contribution is 2.39. The number of fused-ring (bicyclic) bond motifs is 2. The summed E-state index contributed by atoms with van der Waals surface area (Å²) in [6.07, 6.45) is 6.31. The molecule has 0 atom stereocenters. The maximum atomic E-state index is 5.96. The van der Waals surface area contributed by atoms with E-state index in [0.29, 0.717) is 5.92 Å². The number of rotatable bonds is 4. The average Bonchev–Trinajstić information content (AvgIpc) is 3.21. The molecular formula is C24H33N7. The Morgan fingerprint density at radius 3 is 2.74 bits per heavy atom. The molecule has 1 aromatic carbocycles. The lowest BCUT2D eigenvalue weighted by Crippen LogP contribution is -2.42. The van der Waals surface area contributed by atoms with Gasteiger partial charge in [-0.3, -0.25) is 5.10 Å². The van der Waals surface area contributed by atoms with Gasteiger partial charge in [0.25, 0.3) is 0 Å². The highest BCUT2D eigenvalue weighted by Gasteiger charge is 2.30. The highest BCUT2D eigenvalue weighted by molar-refractivity contribution is 5.88. The lowest BCUT2D eigenvalue weighted by molar-refractivity contribution is 0.258. The number of nitrogens with one attached hydrogen (secondary N) is 1. The minimum Gasteiger partial charge on any atom is -0.355 e. The van der Waals surface area contributed by atoms with Gasteiger partial charge < -0.3 is 15.5 Å². The predicted octanol–water partition coefficient (Wildman–Crippen LogP) is 4.13. The van der Waals surface area contributed by atoms with Crippen LogP contribution in [0.5, 0.6) is 0 Å². The Morgan fingerprint density at radius 2 is 2.00 bits per heavy atom. The molecule has 0 aliphatic carbocycles. The number of benzene rings is 1. The Balaban J connectivity index is 1.45. The number of H-pyrrole nitrogens is 1. The van der Waals surface area contributed by atoms with E-state index in [-0.39, 0.29) is 5.41 Å². The van der Waals surface area contributed by atoms with E-state index < -0.39 is 0 Å². The van der Waals surface area contributed by atoms with Crippen molar-refractivity contribution < 1.29 is 0 Å². The quantitative estimate of drug-likeness (QED) is 0.661. The average molecular weight is 420 g/mol. The van der Waals surface area contributed by atoms with Crippen molar-refractivity contribution in [1.29, 1.82) is 0 Å². The van der Waals surface area contributed by atoms with Crippen LogP contribution in [0.4, 0.5) is 17.3 Å². The van der Waals surface area contributed by atoms with Gasteiger partial charge in [0.1, 0.15) is 5.82 Å². The van der Waals surface area contributed by atoms with Gasteiger partial charge in [0.05, 0.1) is 6.20 Å². The number of hydrogen-bond donors (Lipinski definition) is 2. The maximum absolute atomic E-state index is 5.96. The van der Waals surface area contributed by atoms with Gasteiger partial charge in [-0.15, -0.1) is 0 Å². The number of aromatic nitrogens is 4. The Kier molecular flexibility index (Phi) is 5.08. The summed E-state index contributed by atoms with van der Waals surface area (Å²) in [6.45, 7) is 10.4. The number of piperidine rings is 1. The fourth-order valence-corrected chi connectivity index (χ4v) is 5.01. The van der Waals surface area contributed by atoms with Crippen molar-refractivity contribution in [3.8, 4) is 0 Å². The summed E-state index contributed by atoms with van der Waals surface area (Å²) in [6, 6.07) is 6.64. The SMILES string of the molecule is CC(C)c1cccc2c1CCCN2c1n[nH]c2nc(N3CCC(C)(CN)CC3)cnc12. The second-order valence-electron chi connectivity index (χ2n) is 9.73. The molecular weight excluding hydrogens is 386 g/mol. The molecule has 2 aliphatic rings. The first kappa shape index (κ1) is 20.2. The molecule has 7 nitrogen and oxygen atoms in total. The fourth-order valence-electron chi connectivity index (χ4n) is 5.01. The Morgan fingerprint density at radius 1 is 1.19 bits per heavy atom. The molecule has 0 radical (unpaired) electrons. The molecule has 1 fully saturated rings. The first-order chi connectivity index (χ1) is 15.0. The zero-order chi connectivity index (χ0) is 21.6. The normalized spacial score (nSPS) is 18.6. The third kappa shape index (κ3) is 3.55. The molecule has 1 saturated heterocycles. The smallest absolute Gasteiger partial charge is 0.183 e. The summed E-state index contributed by atoms with van der Waals surface area (Å²) in [4.78, 5) is 14.3. The van der Waals surface area contributed by atoms with Crippen LogP contribution in [-0.4, -0.2) is 46.3 Å². The van der Waals surface area contributed by atoms with Gasteiger partial charge in [0.15, 0.2) is 17.0 Å². The van der Waals surface area contributed by atoms with Crippen LogP contribution in [0.15, 0.2) is 24.4 Å². The number of nitrogens with zero attached hydrogens (tertiary/aromatic N) is 5. The molecule has 3 N–H and O–H groups in total. The second-order valence-corrected chi connectivity index (χ2v) is 9.73. The summed E-state index contributed by atoms with van der Waals surface area (Å²) in [5.74, 6) is 2.31. The summed E-state index contributed by atoms with van der Waals surface area (Å²) >= 11 is 0. The van der Waals surface area contributed by atoms with Crippen LogP contribution < -0.4 is 15.5 Å². The van der Waals surface area contributed by atoms with E-state index in [2.05, 4.69) is 59.0 Å². The van der Waals surface area contributed by atoms with Crippen molar-refractivity contribution >= 4 is 28.5 Å². The zero-order valence-electron chi connectivity index (χ0n) is 18.9. The van der Waals surface area contributed by atoms with E-state index in [4.69, 9.17) is 15.7 Å². The van der Waals surface area contributed by atoms with Crippen LogP contribution in [0, 0.1) is 5.41 Å². The van der Waals surface area contributed by atoms with E-state index in [1.54, 1.807) is 0 Å². The van der Waals surface area contributed by atoms with Gasteiger partial charge >= 0.3 is 0 Å². The zero-order valence-corrected chi connectivity index (χ0v) is 18.9. The van der Waals surface area contributed by atoms with Crippen molar-refractivity contribution in [2.24, 2.45) is 11.1 Å². The van der Waals surface area contributed by atoms with Gasteiger partial charge in [0, 0.05) is 25.3 Å². The number of anilines is 3. The van der Waals surface area contributed by atoms with Crippen molar-refractivity contribution in [1.82, 2.24) is 20.2 Å². The van der Waals surface area contributed by atoms with E-state index in [9.17, 15) is 0 Å². The topological polar surface area (TPSA) is 87.0 Å². The minimum absolute atomic E-state index is 0.242. The van der Waals surface area contributed by atoms with Gasteiger partial charge in [0.2, 0.25) is 0 Å². The lowest BCUT2D eigenvalue weighted by Gasteiger charge is -2.39. The van der Waals surface area contributed by atoms with Gasteiger partial charge in [-0.05, 0) is 60.8 Å². The van der Waals surface area contributed by atoms with Crippen molar-refractivity contribution in [3.63, 3.8) is 0 Å². The summed E-state index contributed by atoms with van der Waals surface area (Å²) in [5.41, 5.74) is 11.9. The van der Waals surface area contributed by atoms with Crippen molar-refractivity contribution in [2.45, 2.75) is 52.4 Å². The Bertz CT molecular complexity index is 1080. The largest absolute Gasteiger partial charge is 0.355 e. The predicted molar refractivity (Wildman–Crippen MR) is 126 cm³/mol. The molecule has 0 spiro atoms. The van der Waals surface area contributed by atoms with Gasteiger partial charge in [-0.1, -0.05) is 32.9 Å². The first-order valence-electron chi connectivity index (χ1n) is 11.5. The van der Waals surface area contributed by atoms with E-state index in [0.717, 1.165) is 74.7 Å². The molecule has 7 heteroatoms.